The first-order chi connectivity index (χ1) is 18.3. The molecule has 1 aliphatic rings. The van der Waals surface area contributed by atoms with E-state index in [1.165, 1.54) is 21.0 Å². The van der Waals surface area contributed by atoms with Gasteiger partial charge < -0.3 is 42.8 Å². The van der Waals surface area contributed by atoms with E-state index >= 15 is 0 Å². The summed E-state index contributed by atoms with van der Waals surface area (Å²) < 4.78 is 49.6. The summed E-state index contributed by atoms with van der Waals surface area (Å²) in [5.41, 5.74) is 0. The highest BCUT2D eigenvalue weighted by Crippen LogP contribution is 2.49. The zero-order valence-electron chi connectivity index (χ0n) is 23.4. The van der Waals surface area contributed by atoms with Gasteiger partial charge in [0.05, 0.1) is 32.8 Å². The second-order valence-electron chi connectivity index (χ2n) is 8.21. The monoisotopic (exact) mass is 583 g/mol. The highest BCUT2D eigenvalue weighted by atomic mass is 31.2. The van der Waals surface area contributed by atoms with Gasteiger partial charge in [0.15, 0.2) is 6.10 Å². The number of rotatable bonds is 15. The third-order valence-electron chi connectivity index (χ3n) is 5.17. The van der Waals surface area contributed by atoms with Crippen LogP contribution in [0.25, 0.3) is 0 Å². The van der Waals surface area contributed by atoms with E-state index in [0.717, 1.165) is 21.0 Å². The Hall–Kier alpha value is -2.42. The summed E-state index contributed by atoms with van der Waals surface area (Å²) in [5.74, 6) is -6.11. The molecule has 1 heterocycles. The van der Waals surface area contributed by atoms with E-state index in [9.17, 15) is 24.0 Å². The molecule has 0 aromatic carbocycles. The fraction of sp³-hybridized carbons (Fsp3) is 0.783. The van der Waals surface area contributed by atoms with Gasteiger partial charge in [0.25, 0.3) is 5.79 Å². The lowest BCUT2D eigenvalue weighted by Gasteiger charge is -2.48. The fourth-order valence-corrected chi connectivity index (χ4v) is 4.84. The molecular formula is C23H38NO14P. The molecule has 6 atom stereocenters. The molecule has 0 aromatic heterocycles. The van der Waals surface area contributed by atoms with Crippen LogP contribution in [0.2, 0.25) is 0 Å². The van der Waals surface area contributed by atoms with Gasteiger partial charge in [-0.15, -0.1) is 0 Å². The van der Waals surface area contributed by atoms with Gasteiger partial charge in [-0.2, -0.15) is 0 Å². The molecular weight excluding hydrogens is 545 g/mol. The number of amides is 1. The molecule has 0 unspecified atom stereocenters. The Labute approximate surface area is 228 Å². The first-order valence-electron chi connectivity index (χ1n) is 12.1. The minimum Gasteiger partial charge on any atom is -0.465 e. The molecule has 0 spiro atoms. The molecule has 15 nitrogen and oxygen atoms in total. The van der Waals surface area contributed by atoms with Crippen LogP contribution in [0.1, 0.15) is 48.0 Å². The number of carbonyl (C=O) groups excluding carboxylic acids is 5. The Kier molecular flexibility index (Phi) is 14.8. The predicted molar refractivity (Wildman–Crippen MR) is 132 cm³/mol. The SMILES string of the molecule is CCOP(OCC)O[C@@]1(C(=O)OC)C[C@H](OC(C)=O)[C@@H](NC(C)=O)[C@H]([C@H](OC(C)=O)[C@@H](COC(C)=O)OC)O1. The van der Waals surface area contributed by atoms with E-state index in [0.29, 0.717) is 0 Å². The van der Waals surface area contributed by atoms with E-state index in [4.69, 9.17) is 42.0 Å². The number of carbonyl (C=O) groups is 5. The summed E-state index contributed by atoms with van der Waals surface area (Å²) in [6.07, 6.45) is -5.80. The molecule has 0 saturated carbocycles. The van der Waals surface area contributed by atoms with Crippen LogP contribution in [-0.4, -0.2) is 100 Å². The van der Waals surface area contributed by atoms with E-state index in [-0.39, 0.29) is 13.2 Å². The Bertz CT molecular complexity index is 851. The Morgan fingerprint density at radius 1 is 0.974 bits per heavy atom. The van der Waals surface area contributed by atoms with Crippen molar-refractivity contribution in [3.05, 3.63) is 0 Å². The van der Waals surface area contributed by atoms with Crippen molar-refractivity contribution in [1.29, 1.82) is 0 Å². The molecule has 1 N–H and O–H groups in total. The van der Waals surface area contributed by atoms with Gasteiger partial charge in [-0.1, -0.05) is 0 Å². The van der Waals surface area contributed by atoms with Crippen molar-refractivity contribution >= 4 is 38.4 Å². The third-order valence-corrected chi connectivity index (χ3v) is 6.55. The smallest absolute Gasteiger partial charge is 0.367 e. The van der Waals surface area contributed by atoms with Gasteiger partial charge in [-0.3, -0.25) is 23.7 Å². The zero-order chi connectivity index (χ0) is 29.8. The fourth-order valence-electron chi connectivity index (χ4n) is 3.80. The second kappa shape index (κ2) is 16.6. The summed E-state index contributed by atoms with van der Waals surface area (Å²) in [6, 6.07) is -1.20. The molecule has 1 aliphatic heterocycles. The average molecular weight is 584 g/mol. The highest BCUT2D eigenvalue weighted by molar-refractivity contribution is 7.41. The van der Waals surface area contributed by atoms with Crippen LogP contribution in [0.15, 0.2) is 0 Å². The number of methoxy groups -OCH3 is 2. The van der Waals surface area contributed by atoms with Gasteiger partial charge in [0, 0.05) is 34.8 Å². The van der Waals surface area contributed by atoms with Crippen molar-refractivity contribution in [2.45, 2.75) is 84.2 Å². The first kappa shape index (κ1) is 34.6. The standard InChI is InChI=1S/C23H38NO14P/c1-9-33-39(34-10-2)38-23(22(29)31-8)11-17(35-15(5)27)19(24-13(3)25)21(37-23)20(36-16(6)28)18(30-7)12-32-14(4)26/h17-21H,9-12H2,1-8H3,(H,24,25)/t17-,18+,19+,20+,21+,23+/m0/s1. The van der Waals surface area contributed by atoms with Crippen molar-refractivity contribution in [1.82, 2.24) is 5.32 Å². The van der Waals surface area contributed by atoms with Crippen molar-refractivity contribution < 1.29 is 66.0 Å². The zero-order valence-corrected chi connectivity index (χ0v) is 24.3. The summed E-state index contributed by atoms with van der Waals surface area (Å²) in [5, 5.41) is 2.62. The van der Waals surface area contributed by atoms with Gasteiger partial charge in [0.1, 0.15) is 24.9 Å². The Morgan fingerprint density at radius 3 is 2.03 bits per heavy atom. The highest BCUT2D eigenvalue weighted by Gasteiger charge is 2.60. The molecule has 39 heavy (non-hydrogen) atoms. The van der Waals surface area contributed by atoms with Crippen molar-refractivity contribution in [2.24, 2.45) is 0 Å². The van der Waals surface area contributed by atoms with Crippen LogP contribution in [0, 0.1) is 0 Å². The summed E-state index contributed by atoms with van der Waals surface area (Å²) in [6.45, 7) is 7.87. The molecule has 0 aromatic rings. The predicted octanol–water partition coefficient (Wildman–Crippen LogP) is 0.907. The summed E-state index contributed by atoms with van der Waals surface area (Å²) >= 11 is 0. The van der Waals surface area contributed by atoms with Crippen molar-refractivity contribution in [3.63, 3.8) is 0 Å². The summed E-state index contributed by atoms with van der Waals surface area (Å²) in [7, 11) is 0.151. The molecule has 1 rings (SSSR count). The quantitative estimate of drug-likeness (QED) is 0.163. The van der Waals surface area contributed by atoms with E-state index in [1.807, 2.05) is 0 Å². The van der Waals surface area contributed by atoms with Crippen LogP contribution in [0.4, 0.5) is 0 Å². The van der Waals surface area contributed by atoms with Crippen LogP contribution in [0.5, 0.6) is 0 Å². The van der Waals surface area contributed by atoms with Gasteiger partial charge in [0.2, 0.25) is 5.91 Å². The Morgan fingerprint density at radius 2 is 1.59 bits per heavy atom. The largest absolute Gasteiger partial charge is 0.465 e. The number of esters is 4. The lowest BCUT2D eigenvalue weighted by atomic mass is 9.88. The maximum Gasteiger partial charge on any atom is 0.367 e. The van der Waals surface area contributed by atoms with E-state index in [2.05, 4.69) is 5.32 Å². The lowest BCUT2D eigenvalue weighted by molar-refractivity contribution is -0.292. The van der Waals surface area contributed by atoms with Gasteiger partial charge in [-0.25, -0.2) is 4.79 Å². The number of ether oxygens (including phenoxy) is 6. The van der Waals surface area contributed by atoms with E-state index < -0.39 is 87.7 Å². The van der Waals surface area contributed by atoms with Crippen molar-refractivity contribution in [2.75, 3.05) is 34.0 Å². The third kappa shape index (κ3) is 10.6. The molecule has 0 aliphatic carbocycles. The lowest BCUT2D eigenvalue weighted by Crippen LogP contribution is -2.69. The number of hydrogen-bond acceptors (Lipinski definition) is 14. The van der Waals surface area contributed by atoms with Crippen LogP contribution < -0.4 is 5.32 Å². The molecule has 16 heteroatoms. The molecule has 1 fully saturated rings. The van der Waals surface area contributed by atoms with E-state index in [1.54, 1.807) is 13.8 Å². The molecule has 0 radical (unpaired) electrons. The normalized spacial score (nSPS) is 24.3. The number of nitrogens with one attached hydrogen (secondary N) is 1. The molecule has 1 amide bonds. The summed E-state index contributed by atoms with van der Waals surface area (Å²) in [4.78, 5) is 61.2. The average Bonchev–Trinajstić information content (AvgIpc) is 2.84. The maximum absolute atomic E-state index is 13.2. The minimum atomic E-state index is -2.32. The first-order valence-corrected chi connectivity index (χ1v) is 13.2. The van der Waals surface area contributed by atoms with Gasteiger partial charge in [-0.05, 0) is 13.8 Å². The van der Waals surface area contributed by atoms with Crippen molar-refractivity contribution in [3.8, 4) is 0 Å². The molecule has 1 saturated heterocycles. The maximum atomic E-state index is 13.2. The topological polar surface area (TPSA) is 180 Å². The molecule has 224 valence electrons. The minimum absolute atomic E-state index is 0.151. The number of hydrogen-bond donors (Lipinski definition) is 1. The van der Waals surface area contributed by atoms with Crippen LogP contribution in [0.3, 0.4) is 0 Å². The van der Waals surface area contributed by atoms with Crippen LogP contribution in [-0.2, 0) is 66.0 Å². The van der Waals surface area contributed by atoms with Crippen LogP contribution >= 0.6 is 8.60 Å². The molecule has 0 bridgehead atoms. The Balaban J connectivity index is 3.80. The van der Waals surface area contributed by atoms with Gasteiger partial charge >= 0.3 is 32.5 Å². The second-order valence-corrected chi connectivity index (χ2v) is 9.35.